The number of amides is 2. The summed E-state index contributed by atoms with van der Waals surface area (Å²) in [6, 6.07) is 19.5. The van der Waals surface area contributed by atoms with E-state index in [1.165, 1.54) is 0 Å². The molecule has 1 aromatic heterocycles. The standard InChI is InChI=1S/C24H25N3O4/c1-2-30-24(29)27-14-12-26(13-15-27)23(28)17-31-22-16-21(18-8-4-3-5-9-18)25-20-11-7-6-10-19(20)22/h3-11,16H,2,12-15,17H2,1H3. The molecule has 0 bridgehead atoms. The lowest BCUT2D eigenvalue weighted by Crippen LogP contribution is -2.51. The Kier molecular flexibility index (Phi) is 6.31. The first kappa shape index (κ1) is 20.7. The van der Waals surface area contributed by atoms with Gasteiger partial charge in [0.2, 0.25) is 0 Å². The summed E-state index contributed by atoms with van der Waals surface area (Å²) < 4.78 is 11.0. The van der Waals surface area contributed by atoms with E-state index in [0.29, 0.717) is 38.5 Å². The lowest BCUT2D eigenvalue weighted by molar-refractivity contribution is -0.134. The predicted molar refractivity (Wildman–Crippen MR) is 118 cm³/mol. The van der Waals surface area contributed by atoms with Crippen LogP contribution in [0.15, 0.2) is 60.7 Å². The molecule has 31 heavy (non-hydrogen) atoms. The van der Waals surface area contributed by atoms with E-state index in [1.54, 1.807) is 16.7 Å². The molecule has 7 heteroatoms. The third-order valence-corrected chi connectivity index (χ3v) is 5.26. The molecule has 0 unspecified atom stereocenters. The van der Waals surface area contributed by atoms with E-state index in [0.717, 1.165) is 22.2 Å². The summed E-state index contributed by atoms with van der Waals surface area (Å²) in [5, 5.41) is 0.863. The van der Waals surface area contributed by atoms with E-state index in [4.69, 9.17) is 14.5 Å². The molecule has 2 heterocycles. The number of piperazine rings is 1. The minimum Gasteiger partial charge on any atom is -0.483 e. The van der Waals surface area contributed by atoms with Crippen molar-refractivity contribution in [2.45, 2.75) is 6.92 Å². The average molecular weight is 419 g/mol. The third kappa shape index (κ3) is 4.77. The van der Waals surface area contributed by atoms with Gasteiger partial charge in [0, 0.05) is 43.2 Å². The van der Waals surface area contributed by atoms with Gasteiger partial charge in [0.25, 0.3) is 5.91 Å². The summed E-state index contributed by atoms with van der Waals surface area (Å²) in [6.45, 7) is 3.90. The average Bonchev–Trinajstić information content (AvgIpc) is 2.83. The van der Waals surface area contributed by atoms with Crippen LogP contribution in [0.2, 0.25) is 0 Å². The number of benzene rings is 2. The van der Waals surface area contributed by atoms with E-state index in [-0.39, 0.29) is 18.6 Å². The predicted octanol–water partition coefficient (Wildman–Crippen LogP) is 3.58. The molecule has 0 radical (unpaired) electrons. The molecule has 4 rings (SSSR count). The summed E-state index contributed by atoms with van der Waals surface area (Å²) in [5.41, 5.74) is 2.60. The quantitative estimate of drug-likeness (QED) is 0.632. The smallest absolute Gasteiger partial charge is 0.409 e. The van der Waals surface area contributed by atoms with Crippen LogP contribution < -0.4 is 4.74 Å². The maximum atomic E-state index is 12.7. The van der Waals surface area contributed by atoms with Gasteiger partial charge >= 0.3 is 6.09 Å². The van der Waals surface area contributed by atoms with E-state index in [2.05, 4.69) is 0 Å². The van der Waals surface area contributed by atoms with Gasteiger partial charge in [-0.1, -0.05) is 42.5 Å². The molecule has 3 aromatic rings. The van der Waals surface area contributed by atoms with Crippen LogP contribution in [0.25, 0.3) is 22.2 Å². The lowest BCUT2D eigenvalue weighted by Gasteiger charge is -2.34. The zero-order chi connectivity index (χ0) is 21.6. The normalized spacial score (nSPS) is 13.8. The highest BCUT2D eigenvalue weighted by Gasteiger charge is 2.25. The van der Waals surface area contributed by atoms with Gasteiger partial charge in [-0.2, -0.15) is 0 Å². The van der Waals surface area contributed by atoms with Crippen molar-refractivity contribution in [2.75, 3.05) is 39.4 Å². The second-order valence-corrected chi connectivity index (χ2v) is 7.24. The van der Waals surface area contributed by atoms with Crippen molar-refractivity contribution >= 4 is 22.9 Å². The van der Waals surface area contributed by atoms with E-state index < -0.39 is 0 Å². The number of para-hydroxylation sites is 1. The molecule has 1 fully saturated rings. The molecule has 0 atom stereocenters. The van der Waals surface area contributed by atoms with E-state index in [1.807, 2.05) is 60.7 Å². The highest BCUT2D eigenvalue weighted by Crippen LogP contribution is 2.30. The maximum Gasteiger partial charge on any atom is 0.409 e. The van der Waals surface area contributed by atoms with Crippen molar-refractivity contribution in [3.05, 3.63) is 60.7 Å². The SMILES string of the molecule is CCOC(=O)N1CCN(C(=O)COc2cc(-c3ccccc3)nc3ccccc23)CC1. The number of hydrogen-bond donors (Lipinski definition) is 0. The summed E-state index contributed by atoms with van der Waals surface area (Å²) in [5.74, 6) is 0.522. The van der Waals surface area contributed by atoms with Crippen LogP contribution in [0.1, 0.15) is 6.92 Å². The van der Waals surface area contributed by atoms with Gasteiger partial charge in [0.05, 0.1) is 17.8 Å². The first-order chi connectivity index (χ1) is 15.2. The van der Waals surface area contributed by atoms with Gasteiger partial charge in [-0.3, -0.25) is 4.79 Å². The Balaban J connectivity index is 1.45. The van der Waals surface area contributed by atoms with Gasteiger partial charge in [0.15, 0.2) is 6.61 Å². The lowest BCUT2D eigenvalue weighted by atomic mass is 10.1. The minimum atomic E-state index is -0.331. The van der Waals surface area contributed by atoms with Crippen molar-refractivity contribution in [3.63, 3.8) is 0 Å². The Morgan fingerprint density at radius 3 is 2.35 bits per heavy atom. The van der Waals surface area contributed by atoms with Crippen LogP contribution >= 0.6 is 0 Å². The first-order valence-electron chi connectivity index (χ1n) is 10.4. The second-order valence-electron chi connectivity index (χ2n) is 7.24. The van der Waals surface area contributed by atoms with Crippen LogP contribution in [-0.4, -0.2) is 66.2 Å². The molecule has 1 aliphatic heterocycles. The van der Waals surface area contributed by atoms with Gasteiger partial charge in [0.1, 0.15) is 5.75 Å². The molecule has 1 aliphatic rings. The third-order valence-electron chi connectivity index (χ3n) is 5.26. The maximum absolute atomic E-state index is 12.7. The van der Waals surface area contributed by atoms with Crippen molar-refractivity contribution in [3.8, 4) is 17.0 Å². The van der Waals surface area contributed by atoms with Crippen LogP contribution in [0, 0.1) is 0 Å². The molecule has 2 amide bonds. The molecule has 160 valence electrons. The van der Waals surface area contributed by atoms with Crippen molar-refractivity contribution in [1.82, 2.24) is 14.8 Å². The number of rotatable bonds is 5. The highest BCUT2D eigenvalue weighted by molar-refractivity contribution is 5.88. The zero-order valence-electron chi connectivity index (χ0n) is 17.5. The van der Waals surface area contributed by atoms with Crippen molar-refractivity contribution in [2.24, 2.45) is 0 Å². The molecule has 7 nitrogen and oxygen atoms in total. The number of ether oxygens (including phenoxy) is 2. The fourth-order valence-corrected chi connectivity index (χ4v) is 3.60. The van der Waals surface area contributed by atoms with Crippen molar-refractivity contribution in [1.29, 1.82) is 0 Å². The number of pyridine rings is 1. The van der Waals surface area contributed by atoms with E-state index >= 15 is 0 Å². The molecule has 1 saturated heterocycles. The van der Waals surface area contributed by atoms with Crippen LogP contribution in [0.3, 0.4) is 0 Å². The Morgan fingerprint density at radius 1 is 0.935 bits per heavy atom. The van der Waals surface area contributed by atoms with Gasteiger partial charge < -0.3 is 19.3 Å². The number of carbonyl (C=O) groups excluding carboxylic acids is 2. The van der Waals surface area contributed by atoms with Gasteiger partial charge in [-0.05, 0) is 19.1 Å². The van der Waals surface area contributed by atoms with Gasteiger partial charge in [-0.25, -0.2) is 9.78 Å². The molecular weight excluding hydrogens is 394 g/mol. The number of carbonyl (C=O) groups is 2. The summed E-state index contributed by atoms with van der Waals surface area (Å²) in [7, 11) is 0. The first-order valence-corrected chi connectivity index (χ1v) is 10.4. The van der Waals surface area contributed by atoms with Crippen LogP contribution in [-0.2, 0) is 9.53 Å². The minimum absolute atomic E-state index is 0.0678. The van der Waals surface area contributed by atoms with Gasteiger partial charge in [-0.15, -0.1) is 0 Å². The van der Waals surface area contributed by atoms with Crippen LogP contribution in [0.4, 0.5) is 4.79 Å². The number of fused-ring (bicyclic) bond motifs is 1. The summed E-state index contributed by atoms with van der Waals surface area (Å²) >= 11 is 0. The van der Waals surface area contributed by atoms with Crippen molar-refractivity contribution < 1.29 is 19.1 Å². The second kappa shape index (κ2) is 9.47. The fraction of sp³-hybridized carbons (Fsp3) is 0.292. The van der Waals surface area contributed by atoms with Crippen LogP contribution in [0.5, 0.6) is 5.75 Å². The molecule has 2 aromatic carbocycles. The Morgan fingerprint density at radius 2 is 1.61 bits per heavy atom. The molecule has 0 aliphatic carbocycles. The Labute approximate surface area is 181 Å². The molecule has 0 saturated carbocycles. The molecule has 0 N–H and O–H groups in total. The fourth-order valence-electron chi connectivity index (χ4n) is 3.60. The summed E-state index contributed by atoms with van der Waals surface area (Å²) in [6.07, 6.45) is -0.331. The number of nitrogens with zero attached hydrogens (tertiary/aromatic N) is 3. The van der Waals surface area contributed by atoms with E-state index in [9.17, 15) is 9.59 Å². The topological polar surface area (TPSA) is 72.0 Å². The largest absolute Gasteiger partial charge is 0.483 e. The number of aromatic nitrogens is 1. The Bertz CT molecular complexity index is 1060. The number of hydrogen-bond acceptors (Lipinski definition) is 5. The highest BCUT2D eigenvalue weighted by atomic mass is 16.6. The molecular formula is C24H25N3O4. The molecule has 0 spiro atoms. The zero-order valence-corrected chi connectivity index (χ0v) is 17.5. The Hall–Kier alpha value is -3.61. The summed E-state index contributed by atoms with van der Waals surface area (Å²) in [4.78, 5) is 32.6. The monoisotopic (exact) mass is 419 g/mol.